The number of rotatable bonds is 14. The van der Waals surface area contributed by atoms with Crippen molar-refractivity contribution in [2.75, 3.05) is 26.2 Å². The third kappa shape index (κ3) is 8.04. The highest BCUT2D eigenvalue weighted by atomic mass is 19.1. The van der Waals surface area contributed by atoms with Crippen LogP contribution in [-0.2, 0) is 35.4 Å². The summed E-state index contributed by atoms with van der Waals surface area (Å²) in [6, 6.07) is 23.2. The van der Waals surface area contributed by atoms with Crippen LogP contribution >= 0.6 is 0 Å². The van der Waals surface area contributed by atoms with Crippen molar-refractivity contribution in [3.8, 4) is 0 Å². The molecule has 0 aliphatic heterocycles. The Morgan fingerprint density at radius 3 is 2.31 bits per heavy atom. The van der Waals surface area contributed by atoms with E-state index in [0.29, 0.717) is 13.2 Å². The molecule has 0 fully saturated rings. The van der Waals surface area contributed by atoms with Gasteiger partial charge in [0, 0.05) is 23.6 Å². The zero-order valence-corrected chi connectivity index (χ0v) is 20.6. The number of aromatic amines is 1. The van der Waals surface area contributed by atoms with Crippen molar-refractivity contribution in [3.05, 3.63) is 107 Å². The summed E-state index contributed by atoms with van der Waals surface area (Å²) in [5.74, 6) is -0.416. The maximum atomic E-state index is 12.9. The Bertz CT molecular complexity index is 1220. The van der Waals surface area contributed by atoms with Gasteiger partial charge in [-0.3, -0.25) is 4.79 Å². The monoisotopic (exact) mass is 487 g/mol. The van der Waals surface area contributed by atoms with Crippen LogP contribution < -0.4 is 10.6 Å². The molecule has 4 aromatic rings. The highest BCUT2D eigenvalue weighted by Gasteiger charge is 2.04. The van der Waals surface area contributed by atoms with E-state index >= 15 is 0 Å². The van der Waals surface area contributed by atoms with Crippen molar-refractivity contribution in [1.82, 2.24) is 15.6 Å². The second-order valence-electron chi connectivity index (χ2n) is 9.00. The largest absolute Gasteiger partial charge is 0.367 e. The van der Waals surface area contributed by atoms with Gasteiger partial charge in [-0.2, -0.15) is 0 Å². The van der Waals surface area contributed by atoms with E-state index in [1.807, 2.05) is 0 Å². The average Bonchev–Trinajstić information content (AvgIpc) is 3.31. The van der Waals surface area contributed by atoms with E-state index in [1.54, 1.807) is 12.1 Å². The maximum Gasteiger partial charge on any atom is 0.246 e. The van der Waals surface area contributed by atoms with Crippen LogP contribution in [0.15, 0.2) is 79.0 Å². The third-order valence-corrected chi connectivity index (χ3v) is 6.24. The lowest BCUT2D eigenvalue weighted by Crippen LogP contribution is -2.28. The molecule has 4 rings (SSSR count). The molecule has 0 radical (unpaired) electrons. The number of ether oxygens (including phenoxy) is 1. The zero-order valence-electron chi connectivity index (χ0n) is 20.6. The van der Waals surface area contributed by atoms with Crippen LogP contribution in [-0.4, -0.2) is 37.1 Å². The Hall–Kier alpha value is -3.48. The van der Waals surface area contributed by atoms with Crippen molar-refractivity contribution in [2.24, 2.45) is 0 Å². The molecule has 0 aliphatic carbocycles. The topological polar surface area (TPSA) is 66.2 Å². The predicted octanol–water partition coefficient (Wildman–Crippen LogP) is 4.95. The number of hydrogen-bond acceptors (Lipinski definition) is 3. The Morgan fingerprint density at radius 2 is 1.50 bits per heavy atom. The van der Waals surface area contributed by atoms with Gasteiger partial charge in [0.15, 0.2) is 0 Å². The summed E-state index contributed by atoms with van der Waals surface area (Å²) in [6.07, 6.45) is 5.92. The van der Waals surface area contributed by atoms with Crippen molar-refractivity contribution in [1.29, 1.82) is 0 Å². The van der Waals surface area contributed by atoms with Gasteiger partial charge in [0.1, 0.15) is 12.4 Å². The van der Waals surface area contributed by atoms with E-state index in [9.17, 15) is 9.18 Å². The van der Waals surface area contributed by atoms with Crippen molar-refractivity contribution in [2.45, 2.75) is 32.3 Å². The molecule has 0 unspecified atom stereocenters. The van der Waals surface area contributed by atoms with E-state index in [0.717, 1.165) is 44.3 Å². The molecule has 0 saturated heterocycles. The second kappa shape index (κ2) is 13.6. The molecule has 5 nitrogen and oxygen atoms in total. The molecule has 0 aliphatic rings. The number of carbonyl (C=O) groups is 1. The number of carbonyl (C=O) groups excluding carboxylic acids is 1. The van der Waals surface area contributed by atoms with Gasteiger partial charge in [0.25, 0.3) is 0 Å². The first-order valence-corrected chi connectivity index (χ1v) is 12.6. The summed E-state index contributed by atoms with van der Waals surface area (Å²) in [5.41, 5.74) is 5.99. The number of benzene rings is 3. The van der Waals surface area contributed by atoms with Crippen LogP contribution in [0, 0.1) is 5.82 Å². The van der Waals surface area contributed by atoms with Crippen molar-refractivity contribution >= 4 is 16.8 Å². The number of para-hydroxylation sites is 1. The predicted molar refractivity (Wildman–Crippen MR) is 142 cm³/mol. The van der Waals surface area contributed by atoms with Crippen LogP contribution in [0.25, 0.3) is 10.9 Å². The molecule has 0 saturated carbocycles. The number of H-pyrrole nitrogens is 1. The third-order valence-electron chi connectivity index (χ3n) is 6.24. The number of amides is 1. The van der Waals surface area contributed by atoms with E-state index in [1.165, 1.54) is 39.7 Å². The minimum atomic E-state index is -0.281. The standard InChI is InChI=1S/C30H34FN3O2/c31-27-13-11-25(12-14-27)21-36-22-30(35)33-17-3-4-23-7-9-24(10-8-23)15-18-32-19-16-26-20-34-29-6-2-1-5-28(26)29/h1-2,5-14,20,32,34H,3-4,15-19,21-22H2,(H,33,35). The molecule has 0 spiro atoms. The normalized spacial score (nSPS) is 11.1. The summed E-state index contributed by atoms with van der Waals surface area (Å²) >= 11 is 0. The van der Waals surface area contributed by atoms with Crippen LogP contribution in [0.5, 0.6) is 0 Å². The fourth-order valence-electron chi connectivity index (χ4n) is 4.21. The second-order valence-corrected chi connectivity index (χ2v) is 9.00. The number of hydrogen-bond donors (Lipinski definition) is 3. The summed E-state index contributed by atoms with van der Waals surface area (Å²) in [6.45, 7) is 2.82. The first-order chi connectivity index (χ1) is 17.7. The quantitative estimate of drug-likeness (QED) is 0.221. The van der Waals surface area contributed by atoms with E-state index in [-0.39, 0.29) is 18.3 Å². The Labute approximate surface area is 212 Å². The molecular weight excluding hydrogens is 453 g/mol. The minimum absolute atomic E-state index is 0.00187. The van der Waals surface area contributed by atoms with Gasteiger partial charge in [-0.25, -0.2) is 4.39 Å². The highest BCUT2D eigenvalue weighted by Crippen LogP contribution is 2.17. The van der Waals surface area contributed by atoms with Gasteiger partial charge in [-0.05, 0) is 79.2 Å². The Balaban J connectivity index is 1.04. The lowest BCUT2D eigenvalue weighted by atomic mass is 10.1. The number of nitrogens with one attached hydrogen (secondary N) is 3. The van der Waals surface area contributed by atoms with Crippen molar-refractivity contribution in [3.63, 3.8) is 0 Å². The first kappa shape index (κ1) is 25.6. The molecule has 0 atom stereocenters. The Morgan fingerprint density at radius 1 is 0.806 bits per heavy atom. The van der Waals surface area contributed by atoms with Gasteiger partial charge >= 0.3 is 0 Å². The molecule has 36 heavy (non-hydrogen) atoms. The minimum Gasteiger partial charge on any atom is -0.367 e. The van der Waals surface area contributed by atoms with Gasteiger partial charge < -0.3 is 20.4 Å². The molecular formula is C30H34FN3O2. The van der Waals surface area contributed by atoms with E-state index in [4.69, 9.17) is 4.74 Å². The zero-order chi connectivity index (χ0) is 25.0. The molecule has 6 heteroatoms. The van der Waals surface area contributed by atoms with Crippen molar-refractivity contribution < 1.29 is 13.9 Å². The van der Waals surface area contributed by atoms with Gasteiger partial charge in [0.2, 0.25) is 5.91 Å². The number of fused-ring (bicyclic) bond motifs is 1. The van der Waals surface area contributed by atoms with Gasteiger partial charge in [0.05, 0.1) is 6.61 Å². The number of halogens is 1. The SMILES string of the molecule is O=C(COCc1ccc(F)cc1)NCCCc1ccc(CCNCCc2c[nH]c3ccccc23)cc1. The smallest absolute Gasteiger partial charge is 0.246 e. The molecule has 0 bridgehead atoms. The average molecular weight is 488 g/mol. The lowest BCUT2D eigenvalue weighted by Gasteiger charge is -2.08. The van der Waals surface area contributed by atoms with Crippen LogP contribution in [0.1, 0.15) is 28.7 Å². The highest BCUT2D eigenvalue weighted by molar-refractivity contribution is 5.83. The summed E-state index contributed by atoms with van der Waals surface area (Å²) < 4.78 is 18.3. The maximum absolute atomic E-state index is 12.9. The molecule has 3 aromatic carbocycles. The summed E-state index contributed by atoms with van der Waals surface area (Å²) in [5, 5.41) is 7.75. The molecule has 1 heterocycles. The first-order valence-electron chi connectivity index (χ1n) is 12.6. The number of aromatic nitrogens is 1. The van der Waals surface area contributed by atoms with Crippen LogP contribution in [0.4, 0.5) is 4.39 Å². The summed E-state index contributed by atoms with van der Waals surface area (Å²) in [7, 11) is 0. The number of aryl methyl sites for hydroxylation is 1. The fourth-order valence-corrected chi connectivity index (χ4v) is 4.21. The Kier molecular flexibility index (Phi) is 9.65. The van der Waals surface area contributed by atoms with E-state index in [2.05, 4.69) is 70.3 Å². The summed E-state index contributed by atoms with van der Waals surface area (Å²) in [4.78, 5) is 15.2. The molecule has 1 aromatic heterocycles. The van der Waals surface area contributed by atoms with Gasteiger partial charge in [-0.1, -0.05) is 54.6 Å². The fraction of sp³-hybridized carbons (Fsp3) is 0.300. The van der Waals surface area contributed by atoms with Crippen LogP contribution in [0.2, 0.25) is 0 Å². The molecule has 1 amide bonds. The molecule has 3 N–H and O–H groups in total. The van der Waals surface area contributed by atoms with E-state index < -0.39 is 0 Å². The molecule has 188 valence electrons. The van der Waals surface area contributed by atoms with Gasteiger partial charge in [-0.15, -0.1) is 0 Å². The van der Waals surface area contributed by atoms with Crippen LogP contribution in [0.3, 0.4) is 0 Å². The lowest BCUT2D eigenvalue weighted by molar-refractivity contribution is -0.126.